The van der Waals surface area contributed by atoms with Gasteiger partial charge in [0, 0.05) is 17.8 Å². The summed E-state index contributed by atoms with van der Waals surface area (Å²) in [7, 11) is 1.43. The van der Waals surface area contributed by atoms with E-state index in [0.29, 0.717) is 11.3 Å². The Bertz CT molecular complexity index is 1270. The number of nitro groups is 1. The molecule has 34 heavy (non-hydrogen) atoms. The van der Waals surface area contributed by atoms with Gasteiger partial charge in [-0.2, -0.15) is 0 Å². The highest BCUT2D eigenvalue weighted by atomic mass is 32.1. The number of thiophene rings is 1. The Balaban J connectivity index is 1.96. The normalized spacial score (nSPS) is 10.3. The van der Waals surface area contributed by atoms with Gasteiger partial charge in [0.1, 0.15) is 10.8 Å². The van der Waals surface area contributed by atoms with Crippen LogP contribution < -0.4 is 15.4 Å². The van der Waals surface area contributed by atoms with E-state index in [1.165, 1.54) is 31.4 Å². The molecule has 2 N–H and O–H groups in total. The third kappa shape index (κ3) is 5.21. The van der Waals surface area contributed by atoms with Crippen LogP contribution in [0.1, 0.15) is 42.9 Å². The van der Waals surface area contributed by atoms with E-state index < -0.39 is 22.7 Å². The van der Waals surface area contributed by atoms with Gasteiger partial charge in [-0.25, -0.2) is 4.79 Å². The largest absolute Gasteiger partial charge is 0.496 e. The molecule has 0 aliphatic carbocycles. The van der Waals surface area contributed by atoms with Crippen LogP contribution in [0.2, 0.25) is 0 Å². The lowest BCUT2D eigenvalue weighted by molar-refractivity contribution is -0.384. The van der Waals surface area contributed by atoms with Crippen LogP contribution in [-0.2, 0) is 4.74 Å². The number of nitrogens with one attached hydrogen (secondary N) is 2. The van der Waals surface area contributed by atoms with Gasteiger partial charge in [0.15, 0.2) is 0 Å². The van der Waals surface area contributed by atoms with Crippen LogP contribution in [0, 0.1) is 17.0 Å². The fraction of sp³-hybridized carbons (Fsp3) is 0.174. The molecule has 2 aromatic carbocycles. The van der Waals surface area contributed by atoms with E-state index in [0.717, 1.165) is 11.3 Å². The number of esters is 1. The molecule has 0 spiro atoms. The van der Waals surface area contributed by atoms with E-state index >= 15 is 0 Å². The minimum Gasteiger partial charge on any atom is -0.496 e. The number of amides is 2. The van der Waals surface area contributed by atoms with Gasteiger partial charge in [-0.3, -0.25) is 19.7 Å². The molecule has 0 saturated carbocycles. The molecule has 0 atom stereocenters. The van der Waals surface area contributed by atoms with Crippen molar-refractivity contribution in [2.75, 3.05) is 24.4 Å². The van der Waals surface area contributed by atoms with E-state index in [-0.39, 0.29) is 39.0 Å². The number of benzene rings is 2. The molecule has 176 valence electrons. The number of rotatable bonds is 8. The molecule has 3 aromatic rings. The molecule has 0 radical (unpaired) electrons. The highest BCUT2D eigenvalue weighted by Gasteiger charge is 2.27. The first kappa shape index (κ1) is 24.4. The van der Waals surface area contributed by atoms with Crippen LogP contribution >= 0.6 is 11.3 Å². The molecular formula is C23H21N3O7S. The summed E-state index contributed by atoms with van der Waals surface area (Å²) in [6.45, 7) is 3.30. The summed E-state index contributed by atoms with van der Waals surface area (Å²) in [5.74, 6) is -1.48. The Kier molecular flexibility index (Phi) is 7.59. The molecule has 0 saturated heterocycles. The van der Waals surface area contributed by atoms with Gasteiger partial charge in [0.2, 0.25) is 0 Å². The second-order valence-corrected chi connectivity index (χ2v) is 7.92. The van der Waals surface area contributed by atoms with Gasteiger partial charge in [0.05, 0.1) is 34.6 Å². The maximum absolute atomic E-state index is 13.0. The van der Waals surface area contributed by atoms with Gasteiger partial charge in [-0.1, -0.05) is 18.2 Å². The monoisotopic (exact) mass is 483 g/mol. The fourth-order valence-electron chi connectivity index (χ4n) is 3.15. The minimum absolute atomic E-state index is 0.0549. The zero-order valence-corrected chi connectivity index (χ0v) is 19.4. The van der Waals surface area contributed by atoms with E-state index in [1.807, 2.05) is 0 Å². The smallest absolute Gasteiger partial charge is 0.341 e. The molecule has 0 aliphatic rings. The molecule has 3 rings (SSSR count). The predicted molar refractivity (Wildman–Crippen MR) is 127 cm³/mol. The molecule has 1 heterocycles. The fourth-order valence-corrected chi connectivity index (χ4v) is 4.24. The lowest BCUT2D eigenvalue weighted by Gasteiger charge is -2.09. The van der Waals surface area contributed by atoms with E-state index in [1.54, 1.807) is 38.1 Å². The average molecular weight is 484 g/mol. The number of para-hydroxylation sites is 1. The summed E-state index contributed by atoms with van der Waals surface area (Å²) in [5, 5.41) is 16.4. The summed E-state index contributed by atoms with van der Waals surface area (Å²) in [4.78, 5) is 49.1. The molecule has 1 aromatic heterocycles. The molecule has 0 unspecified atom stereocenters. The summed E-state index contributed by atoms with van der Waals surface area (Å²) in [6.07, 6.45) is 0. The lowest BCUT2D eigenvalue weighted by atomic mass is 10.1. The van der Waals surface area contributed by atoms with Crippen LogP contribution in [0.25, 0.3) is 0 Å². The van der Waals surface area contributed by atoms with E-state index in [9.17, 15) is 24.5 Å². The summed E-state index contributed by atoms with van der Waals surface area (Å²) < 4.78 is 10.3. The number of ether oxygens (including phenoxy) is 2. The van der Waals surface area contributed by atoms with Crippen molar-refractivity contribution >= 4 is 45.5 Å². The molecule has 11 heteroatoms. The number of carbonyl (C=O) groups excluding carboxylic acids is 3. The van der Waals surface area contributed by atoms with Gasteiger partial charge in [-0.05, 0) is 37.6 Å². The van der Waals surface area contributed by atoms with Crippen LogP contribution in [0.4, 0.5) is 16.4 Å². The Morgan fingerprint density at radius 1 is 1.06 bits per heavy atom. The van der Waals surface area contributed by atoms with Crippen LogP contribution in [0.15, 0.2) is 48.5 Å². The number of methoxy groups -OCH3 is 1. The van der Waals surface area contributed by atoms with Crippen LogP contribution in [-0.4, -0.2) is 36.4 Å². The van der Waals surface area contributed by atoms with Crippen molar-refractivity contribution in [3.63, 3.8) is 0 Å². The topological polar surface area (TPSA) is 137 Å². The Morgan fingerprint density at radius 3 is 2.47 bits per heavy atom. The zero-order chi connectivity index (χ0) is 24.8. The molecule has 0 fully saturated rings. The quantitative estimate of drug-likeness (QED) is 0.270. The number of hydrogen-bond donors (Lipinski definition) is 2. The van der Waals surface area contributed by atoms with Crippen molar-refractivity contribution in [1.29, 1.82) is 0 Å². The van der Waals surface area contributed by atoms with Gasteiger partial charge in [-0.15, -0.1) is 11.3 Å². The Labute approximate surface area is 198 Å². The highest BCUT2D eigenvalue weighted by molar-refractivity contribution is 7.19. The first-order chi connectivity index (χ1) is 16.3. The van der Waals surface area contributed by atoms with Gasteiger partial charge < -0.3 is 20.1 Å². The molecule has 0 aliphatic heterocycles. The summed E-state index contributed by atoms with van der Waals surface area (Å²) >= 11 is 0.895. The first-order valence-corrected chi connectivity index (χ1v) is 10.9. The Morgan fingerprint density at radius 2 is 1.79 bits per heavy atom. The third-order valence-electron chi connectivity index (χ3n) is 4.73. The highest BCUT2D eigenvalue weighted by Crippen LogP contribution is 2.35. The first-order valence-electron chi connectivity index (χ1n) is 10.1. The molecule has 0 bridgehead atoms. The van der Waals surface area contributed by atoms with Crippen molar-refractivity contribution in [1.82, 2.24) is 0 Å². The second-order valence-electron chi connectivity index (χ2n) is 6.90. The number of anilines is 2. The molecule has 2 amide bonds. The van der Waals surface area contributed by atoms with Crippen LogP contribution in [0.3, 0.4) is 0 Å². The second kappa shape index (κ2) is 10.6. The van der Waals surface area contributed by atoms with Crippen molar-refractivity contribution < 1.29 is 28.8 Å². The third-order valence-corrected chi connectivity index (χ3v) is 5.93. The summed E-state index contributed by atoms with van der Waals surface area (Å²) in [5.41, 5.74) is 0.636. The van der Waals surface area contributed by atoms with E-state index in [4.69, 9.17) is 9.47 Å². The van der Waals surface area contributed by atoms with E-state index in [2.05, 4.69) is 10.6 Å². The van der Waals surface area contributed by atoms with Crippen molar-refractivity contribution in [3.8, 4) is 5.75 Å². The Hall–Kier alpha value is -4.25. The molecule has 10 nitrogen and oxygen atoms in total. The number of nitro benzene ring substituents is 1. The number of carbonyl (C=O) groups is 3. The zero-order valence-electron chi connectivity index (χ0n) is 18.5. The average Bonchev–Trinajstić information content (AvgIpc) is 3.15. The lowest BCUT2D eigenvalue weighted by Crippen LogP contribution is -2.15. The SMILES string of the molecule is CCOC(=O)c1c(NC(=O)c2ccccc2OC)sc(C(=O)Nc2cccc([N+](=O)[O-])c2)c1C. The van der Waals surface area contributed by atoms with Crippen molar-refractivity contribution in [3.05, 3.63) is 80.2 Å². The molecular weight excluding hydrogens is 462 g/mol. The number of non-ortho nitro benzene ring substituents is 1. The maximum Gasteiger partial charge on any atom is 0.341 e. The number of hydrogen-bond acceptors (Lipinski definition) is 8. The standard InChI is InChI=1S/C23H21N3O7S/c1-4-33-23(29)18-13(2)19(21(28)24-14-8-7-9-15(12-14)26(30)31)34-22(18)25-20(27)16-10-5-6-11-17(16)32-3/h5-12H,4H2,1-3H3,(H,24,28)(H,25,27). The summed E-state index contributed by atoms with van der Waals surface area (Å²) in [6, 6.07) is 12.0. The van der Waals surface area contributed by atoms with Crippen molar-refractivity contribution in [2.24, 2.45) is 0 Å². The predicted octanol–water partition coefficient (Wildman–Crippen LogP) is 4.65. The van der Waals surface area contributed by atoms with Gasteiger partial charge in [0.25, 0.3) is 17.5 Å². The van der Waals surface area contributed by atoms with Crippen molar-refractivity contribution in [2.45, 2.75) is 13.8 Å². The minimum atomic E-state index is -0.694. The maximum atomic E-state index is 13.0. The van der Waals surface area contributed by atoms with Gasteiger partial charge >= 0.3 is 5.97 Å². The van der Waals surface area contributed by atoms with Crippen LogP contribution in [0.5, 0.6) is 5.75 Å². The number of nitrogens with zero attached hydrogens (tertiary/aromatic N) is 1.